The lowest BCUT2D eigenvalue weighted by atomic mass is 9.88. The first-order valence-corrected chi connectivity index (χ1v) is 18.1. The molecule has 0 spiro atoms. The Morgan fingerprint density at radius 3 is 2.30 bits per heavy atom. The molecule has 1 fully saturated rings. The Labute approximate surface area is 291 Å². The fraction of sp³-hybridized carbons (Fsp3) is 0.486. The minimum Gasteiger partial charge on any atom is -0.496 e. The topological polar surface area (TPSA) is 86.8 Å². The summed E-state index contributed by atoms with van der Waals surface area (Å²) >= 11 is 3.11. The predicted octanol–water partition coefficient (Wildman–Crippen LogP) is 8.58. The maximum atomic E-state index is 13.4. The summed E-state index contributed by atoms with van der Waals surface area (Å²) in [6, 6.07) is 12.6. The fourth-order valence-corrected chi connectivity index (χ4v) is 6.35. The van der Waals surface area contributed by atoms with E-state index in [1.807, 2.05) is 39.1 Å². The van der Waals surface area contributed by atoms with Crippen LogP contribution in [0.4, 0.5) is 5.13 Å². The zero-order valence-corrected chi connectivity index (χ0v) is 31.7. The van der Waals surface area contributed by atoms with Crippen LogP contribution in [0.15, 0.2) is 58.3 Å². The van der Waals surface area contributed by atoms with Gasteiger partial charge in [-0.25, -0.2) is 4.98 Å². The van der Waals surface area contributed by atoms with Crippen LogP contribution in [0.2, 0.25) is 0 Å². The van der Waals surface area contributed by atoms with Gasteiger partial charge in [0.1, 0.15) is 5.75 Å². The maximum Gasteiger partial charge on any atom is 0.257 e. The molecule has 2 N–H and O–H groups in total. The molecule has 0 aliphatic carbocycles. The number of nitrogens with zero attached hydrogens (tertiary/aromatic N) is 3. The monoisotopic (exact) mass is 681 g/mol. The average Bonchev–Trinajstić information content (AvgIpc) is 3.51. The highest BCUT2D eigenvalue weighted by Crippen LogP contribution is 2.39. The first-order chi connectivity index (χ1) is 22.4. The molecule has 2 aromatic carbocycles. The van der Waals surface area contributed by atoms with Crippen molar-refractivity contribution in [1.82, 2.24) is 20.1 Å². The molecular formula is C37H55N5O3S2. The number of methoxy groups -OCH3 is 1. The van der Waals surface area contributed by atoms with Crippen LogP contribution in [-0.2, 0) is 11.3 Å². The van der Waals surface area contributed by atoms with Crippen LogP contribution >= 0.6 is 23.1 Å². The summed E-state index contributed by atoms with van der Waals surface area (Å²) in [5, 5.41) is 7.70. The van der Waals surface area contributed by atoms with Crippen molar-refractivity contribution >= 4 is 46.2 Å². The first-order valence-electron chi connectivity index (χ1n) is 16.5. The summed E-state index contributed by atoms with van der Waals surface area (Å²) < 4.78 is 6.56. The molecule has 10 heteroatoms. The number of benzene rings is 2. The van der Waals surface area contributed by atoms with Crippen LogP contribution in [0.1, 0.15) is 88.9 Å². The highest BCUT2D eigenvalue weighted by Gasteiger charge is 2.25. The molecule has 0 bridgehead atoms. The standard InChI is InChI=1S/C32H41N5O3S2.C3H8.C2H6/c1-21-16-27(40-7)26(30(39)37-14-12-36(20-38)13-15-37)17-28(21)41-29-19-34-31(42-29)35-22(2)25-10-8-24(9-11-25)18-33-23(3)32(4,5)6;1-3-2;1-2/h8-11,16-17,19-20,23,33H,2,12-15,18H2,1,3-7H3,(H,34,35);3H2,1-2H3;1-2H3. The van der Waals surface area contributed by atoms with Crippen molar-refractivity contribution in [3.63, 3.8) is 0 Å². The van der Waals surface area contributed by atoms with Gasteiger partial charge in [0.05, 0.1) is 23.1 Å². The van der Waals surface area contributed by atoms with Crippen molar-refractivity contribution in [3.8, 4) is 5.75 Å². The number of anilines is 1. The van der Waals surface area contributed by atoms with Crippen molar-refractivity contribution in [2.24, 2.45) is 5.41 Å². The van der Waals surface area contributed by atoms with E-state index in [-0.39, 0.29) is 11.3 Å². The highest BCUT2D eigenvalue weighted by atomic mass is 32.2. The lowest BCUT2D eigenvalue weighted by molar-refractivity contribution is -0.119. The summed E-state index contributed by atoms with van der Waals surface area (Å²) in [7, 11) is 1.58. The van der Waals surface area contributed by atoms with E-state index in [9.17, 15) is 9.59 Å². The van der Waals surface area contributed by atoms with Crippen molar-refractivity contribution in [2.45, 2.75) is 90.4 Å². The van der Waals surface area contributed by atoms with Gasteiger partial charge < -0.3 is 25.2 Å². The van der Waals surface area contributed by atoms with Crippen molar-refractivity contribution in [1.29, 1.82) is 0 Å². The summed E-state index contributed by atoms with van der Waals surface area (Å²) in [6.45, 7) is 26.3. The number of nitrogens with one attached hydrogen (secondary N) is 2. The van der Waals surface area contributed by atoms with Crippen LogP contribution in [0.25, 0.3) is 5.70 Å². The van der Waals surface area contributed by atoms with Crippen LogP contribution in [-0.4, -0.2) is 66.4 Å². The van der Waals surface area contributed by atoms with Gasteiger partial charge in [0.25, 0.3) is 5.91 Å². The molecule has 2 heterocycles. The molecule has 47 heavy (non-hydrogen) atoms. The first kappa shape index (κ1) is 39.8. The van der Waals surface area contributed by atoms with Gasteiger partial charge in [-0.2, -0.15) is 0 Å². The van der Waals surface area contributed by atoms with E-state index >= 15 is 0 Å². The number of amides is 2. The number of aromatic nitrogens is 1. The quantitative estimate of drug-likeness (QED) is 0.196. The number of hydrogen-bond donors (Lipinski definition) is 2. The Morgan fingerprint density at radius 2 is 1.74 bits per heavy atom. The molecule has 1 aliphatic heterocycles. The number of rotatable bonds is 11. The lowest BCUT2D eigenvalue weighted by Gasteiger charge is -2.33. The Morgan fingerprint density at radius 1 is 1.13 bits per heavy atom. The Hall–Kier alpha value is -3.34. The normalized spacial score (nSPS) is 13.4. The van der Waals surface area contributed by atoms with Crippen LogP contribution in [0, 0.1) is 12.3 Å². The van der Waals surface area contributed by atoms with Gasteiger partial charge in [-0.15, -0.1) is 0 Å². The lowest BCUT2D eigenvalue weighted by Crippen LogP contribution is -2.48. The number of ether oxygens (including phenoxy) is 1. The minimum atomic E-state index is -0.0901. The largest absolute Gasteiger partial charge is 0.496 e. The Balaban J connectivity index is 0.00000145. The van der Waals surface area contributed by atoms with E-state index in [0.717, 1.165) is 44.0 Å². The number of hydrogen-bond acceptors (Lipinski definition) is 8. The van der Waals surface area contributed by atoms with Gasteiger partial charge in [0.2, 0.25) is 6.41 Å². The summed E-state index contributed by atoms with van der Waals surface area (Å²) in [4.78, 5) is 33.4. The molecule has 4 rings (SSSR count). The van der Waals surface area contributed by atoms with Crippen LogP contribution in [0.3, 0.4) is 0 Å². The molecule has 1 aliphatic rings. The third-order valence-corrected chi connectivity index (χ3v) is 9.82. The number of piperazine rings is 1. The molecule has 8 nitrogen and oxygen atoms in total. The van der Waals surface area contributed by atoms with Crippen LogP contribution < -0.4 is 15.4 Å². The van der Waals surface area contributed by atoms with E-state index in [1.54, 1.807) is 28.7 Å². The highest BCUT2D eigenvalue weighted by molar-refractivity contribution is 8.01. The molecule has 3 aromatic rings. The van der Waals surface area contributed by atoms with Gasteiger partial charge >= 0.3 is 0 Å². The molecule has 0 saturated carbocycles. The fourth-order valence-electron chi connectivity index (χ4n) is 4.38. The van der Waals surface area contributed by atoms with Gasteiger partial charge in [-0.05, 0) is 48.1 Å². The van der Waals surface area contributed by atoms with E-state index in [2.05, 4.69) is 88.0 Å². The Bertz CT molecular complexity index is 1420. The summed E-state index contributed by atoms with van der Waals surface area (Å²) in [5.74, 6) is 0.459. The summed E-state index contributed by atoms with van der Waals surface area (Å²) in [6.07, 6.45) is 3.92. The SMILES string of the molecule is C=C(Nc1ncc(Sc2cc(C(=O)N3CCN(C=O)CC3)c(OC)cc2C)s1)c1ccc(CNC(C)C(C)(C)C)cc1.CC.CCC. The van der Waals surface area contributed by atoms with Crippen molar-refractivity contribution in [2.75, 3.05) is 38.6 Å². The predicted molar refractivity (Wildman–Crippen MR) is 200 cm³/mol. The summed E-state index contributed by atoms with van der Waals surface area (Å²) in [5.41, 5.74) is 4.77. The minimum absolute atomic E-state index is 0.0901. The van der Waals surface area contributed by atoms with E-state index in [1.165, 1.54) is 23.3 Å². The second-order valence-electron chi connectivity index (χ2n) is 12.3. The number of aryl methyl sites for hydroxylation is 1. The zero-order valence-electron chi connectivity index (χ0n) is 30.0. The van der Waals surface area contributed by atoms with Crippen LogP contribution in [0.5, 0.6) is 5.75 Å². The zero-order chi connectivity index (χ0) is 35.1. The molecule has 258 valence electrons. The molecule has 1 aromatic heterocycles. The van der Waals surface area contributed by atoms with Gasteiger partial charge in [-0.3, -0.25) is 9.59 Å². The molecular weight excluding hydrogens is 627 g/mol. The average molecular weight is 682 g/mol. The smallest absolute Gasteiger partial charge is 0.257 e. The van der Waals surface area contributed by atoms with E-state index in [0.29, 0.717) is 43.5 Å². The second-order valence-corrected chi connectivity index (χ2v) is 14.7. The molecule has 0 radical (unpaired) electrons. The molecule has 2 amide bonds. The molecule has 1 saturated heterocycles. The maximum absolute atomic E-state index is 13.4. The van der Waals surface area contributed by atoms with Gasteiger partial charge in [-0.1, -0.05) is 109 Å². The van der Waals surface area contributed by atoms with Gasteiger partial charge in [0, 0.05) is 49.4 Å². The molecule has 1 atom stereocenters. The van der Waals surface area contributed by atoms with E-state index < -0.39 is 0 Å². The van der Waals surface area contributed by atoms with Gasteiger partial charge in [0.15, 0.2) is 5.13 Å². The number of carbonyl (C=O) groups excluding carboxylic acids is 2. The second kappa shape index (κ2) is 19.5. The third-order valence-electron chi connectivity index (χ3n) is 7.64. The number of thiazole rings is 1. The number of carbonyl (C=O) groups is 2. The molecule has 1 unspecified atom stereocenters. The van der Waals surface area contributed by atoms with E-state index in [4.69, 9.17) is 4.74 Å². The van der Waals surface area contributed by atoms with Crippen molar-refractivity contribution in [3.05, 3.63) is 71.4 Å². The van der Waals surface area contributed by atoms with Crippen molar-refractivity contribution < 1.29 is 14.3 Å². The Kier molecular flexibility index (Phi) is 16.5. The third kappa shape index (κ3) is 12.0.